The van der Waals surface area contributed by atoms with Gasteiger partial charge in [-0.2, -0.15) is 4.89 Å². The van der Waals surface area contributed by atoms with Crippen LogP contribution in [0.25, 0.3) is 6.08 Å². The molecule has 1 heterocycles. The van der Waals surface area contributed by atoms with Crippen molar-refractivity contribution in [3.63, 3.8) is 0 Å². The Morgan fingerprint density at radius 3 is 2.32 bits per heavy atom. The minimum atomic E-state index is -1.17. The zero-order valence-electron chi connectivity index (χ0n) is 15.6. The molecule has 1 saturated heterocycles. The first-order valence-electron chi connectivity index (χ1n) is 9.76. The van der Waals surface area contributed by atoms with Crippen molar-refractivity contribution < 1.29 is 29.5 Å². The maximum absolute atomic E-state index is 10.8. The van der Waals surface area contributed by atoms with Crippen molar-refractivity contribution in [1.29, 1.82) is 0 Å². The van der Waals surface area contributed by atoms with Crippen molar-refractivity contribution in [2.75, 3.05) is 7.11 Å². The maximum Gasteiger partial charge on any atom is 0.328 e. The van der Waals surface area contributed by atoms with E-state index in [1.165, 1.54) is 12.5 Å². The number of phenols is 1. The third kappa shape index (κ3) is 2.23. The van der Waals surface area contributed by atoms with Gasteiger partial charge in [0.2, 0.25) is 0 Å². The van der Waals surface area contributed by atoms with E-state index in [0.29, 0.717) is 23.0 Å². The lowest BCUT2D eigenvalue weighted by molar-refractivity contribution is -0.645. The van der Waals surface area contributed by atoms with Crippen LogP contribution >= 0.6 is 11.6 Å². The zero-order chi connectivity index (χ0) is 19.7. The van der Waals surface area contributed by atoms with Gasteiger partial charge in [-0.1, -0.05) is 23.7 Å². The first kappa shape index (κ1) is 18.4. The Bertz CT molecular complexity index is 833. The molecular weight excluding hydrogens is 384 g/mol. The summed E-state index contributed by atoms with van der Waals surface area (Å²) in [5, 5.41) is 19.5. The highest BCUT2D eigenvalue weighted by molar-refractivity contribution is 6.33. The highest BCUT2D eigenvalue weighted by atomic mass is 35.5. The number of ether oxygens (including phenoxy) is 1. The molecule has 6 nitrogen and oxygen atoms in total. The number of benzene rings is 1. The van der Waals surface area contributed by atoms with Gasteiger partial charge in [0.25, 0.3) is 5.79 Å². The lowest BCUT2D eigenvalue weighted by atomic mass is 9.47. The number of rotatable bonds is 4. The molecule has 0 aromatic heterocycles. The number of carboxylic acid groups (broad SMARTS) is 1. The van der Waals surface area contributed by atoms with E-state index in [1.807, 2.05) is 0 Å². The van der Waals surface area contributed by atoms with Crippen molar-refractivity contribution in [2.45, 2.75) is 43.5 Å². The van der Waals surface area contributed by atoms with Gasteiger partial charge in [-0.15, -0.1) is 0 Å². The van der Waals surface area contributed by atoms with Gasteiger partial charge in [0, 0.05) is 24.3 Å². The van der Waals surface area contributed by atoms with E-state index in [9.17, 15) is 9.90 Å². The highest BCUT2D eigenvalue weighted by Gasteiger charge is 2.77. The normalized spacial score (nSPS) is 40.9. The molecule has 1 atom stereocenters. The molecule has 0 amide bonds. The van der Waals surface area contributed by atoms with E-state index in [-0.39, 0.29) is 10.8 Å². The Hall–Kier alpha value is -1.60. The molecule has 1 unspecified atom stereocenters. The summed E-state index contributed by atoms with van der Waals surface area (Å²) < 4.78 is 5.96. The lowest BCUT2D eigenvalue weighted by Gasteiger charge is -2.68. The molecule has 1 aromatic carbocycles. The van der Waals surface area contributed by atoms with E-state index in [2.05, 4.69) is 0 Å². The molecule has 5 fully saturated rings. The number of hydrogen-bond donors (Lipinski definition) is 2. The molecule has 1 spiro atoms. The van der Waals surface area contributed by atoms with Crippen molar-refractivity contribution in [3.8, 4) is 5.75 Å². The van der Waals surface area contributed by atoms with Gasteiger partial charge in [0.1, 0.15) is 5.75 Å². The Morgan fingerprint density at radius 1 is 1.18 bits per heavy atom. The lowest BCUT2D eigenvalue weighted by Crippen LogP contribution is -2.76. The van der Waals surface area contributed by atoms with Crippen LogP contribution in [0, 0.1) is 23.7 Å². The fourth-order valence-corrected chi connectivity index (χ4v) is 6.76. The smallest absolute Gasteiger partial charge is 0.328 e. The van der Waals surface area contributed by atoms with Crippen LogP contribution in [0.2, 0.25) is 5.02 Å². The van der Waals surface area contributed by atoms with Crippen molar-refractivity contribution in [3.05, 3.63) is 34.4 Å². The van der Waals surface area contributed by atoms with Gasteiger partial charge >= 0.3 is 5.97 Å². The summed E-state index contributed by atoms with van der Waals surface area (Å²) >= 11 is 6.54. The molecule has 5 aliphatic rings. The van der Waals surface area contributed by atoms with Gasteiger partial charge < -0.3 is 14.9 Å². The number of phenolic OH excluding ortho intramolecular Hbond substituents is 1. The number of halogens is 1. The summed E-state index contributed by atoms with van der Waals surface area (Å²) in [5.74, 6) is -0.291. The molecule has 4 aliphatic carbocycles. The zero-order valence-corrected chi connectivity index (χ0v) is 16.3. The van der Waals surface area contributed by atoms with Crippen molar-refractivity contribution in [1.82, 2.24) is 0 Å². The van der Waals surface area contributed by atoms with E-state index in [0.717, 1.165) is 43.6 Å². The molecule has 28 heavy (non-hydrogen) atoms. The van der Waals surface area contributed by atoms with E-state index >= 15 is 0 Å². The van der Waals surface area contributed by atoms with Crippen LogP contribution in [0.1, 0.15) is 43.2 Å². The van der Waals surface area contributed by atoms with Crippen LogP contribution in [0.15, 0.2) is 18.2 Å². The molecule has 4 bridgehead atoms. The third-order valence-corrected chi connectivity index (χ3v) is 7.74. The summed E-state index contributed by atoms with van der Waals surface area (Å²) in [6.07, 6.45) is 7.99. The summed E-state index contributed by atoms with van der Waals surface area (Å²) in [7, 11) is 1.58. The Labute approximate surface area is 168 Å². The number of aliphatic carboxylic acids is 1. The monoisotopic (exact) mass is 406 g/mol. The SMILES string of the molecule is COC1(c2ccc(C=CC(=O)O)c(O)c2Cl)OOC12C1CC3CC(C1)CC2C3. The molecular formula is C21H23ClO6. The predicted molar refractivity (Wildman–Crippen MR) is 100 cm³/mol. The number of methoxy groups -OCH3 is 1. The van der Waals surface area contributed by atoms with Crippen LogP contribution in [0.3, 0.4) is 0 Å². The highest BCUT2D eigenvalue weighted by Crippen LogP contribution is 2.70. The van der Waals surface area contributed by atoms with Gasteiger partial charge in [-0.05, 0) is 61.9 Å². The average molecular weight is 407 g/mol. The number of carbonyl (C=O) groups is 1. The van der Waals surface area contributed by atoms with Crippen molar-refractivity contribution >= 4 is 23.6 Å². The molecule has 7 heteroatoms. The molecule has 1 aromatic rings. The fourth-order valence-electron chi connectivity index (χ4n) is 6.46. The summed E-state index contributed by atoms with van der Waals surface area (Å²) in [6, 6.07) is 3.37. The van der Waals surface area contributed by atoms with Crippen LogP contribution in [-0.2, 0) is 25.1 Å². The Balaban J connectivity index is 1.58. The molecule has 4 saturated carbocycles. The maximum atomic E-state index is 10.8. The van der Waals surface area contributed by atoms with E-state index < -0.39 is 17.4 Å². The van der Waals surface area contributed by atoms with Gasteiger partial charge in [0.15, 0.2) is 5.60 Å². The first-order valence-corrected chi connectivity index (χ1v) is 10.1. The summed E-state index contributed by atoms with van der Waals surface area (Å²) in [6.45, 7) is 0. The third-order valence-electron chi connectivity index (χ3n) is 7.36. The van der Waals surface area contributed by atoms with Crippen LogP contribution in [-0.4, -0.2) is 28.9 Å². The minimum Gasteiger partial charge on any atom is -0.506 e. The molecule has 2 N–H and O–H groups in total. The second-order valence-corrected chi connectivity index (χ2v) is 9.00. The van der Waals surface area contributed by atoms with Gasteiger partial charge in [-0.3, -0.25) is 0 Å². The van der Waals surface area contributed by atoms with Crippen molar-refractivity contribution in [2.24, 2.45) is 23.7 Å². The molecule has 6 rings (SSSR count). The first-order chi connectivity index (χ1) is 13.4. The standard InChI is InChI=1S/C21H23ClO6/c1-26-21(16-4-2-13(3-5-17(23)24)19(25)18(16)22)20(27-28-21)14-7-11-6-12(9-14)10-15(20)8-11/h2-5,11-12,14-15,25H,6-10H2,1H3,(H,23,24). The molecule has 150 valence electrons. The second-order valence-electron chi connectivity index (χ2n) is 8.62. The number of carboxylic acids is 1. The molecule has 0 radical (unpaired) electrons. The number of hydrogen-bond acceptors (Lipinski definition) is 5. The van der Waals surface area contributed by atoms with Crippen LogP contribution < -0.4 is 0 Å². The van der Waals surface area contributed by atoms with Crippen LogP contribution in [0.4, 0.5) is 0 Å². The summed E-state index contributed by atoms with van der Waals surface area (Å²) in [4.78, 5) is 22.4. The van der Waals surface area contributed by atoms with Crippen LogP contribution in [0.5, 0.6) is 5.75 Å². The minimum absolute atomic E-state index is 0.103. The topological polar surface area (TPSA) is 85.2 Å². The van der Waals surface area contributed by atoms with E-state index in [4.69, 9.17) is 31.2 Å². The Morgan fingerprint density at radius 2 is 1.82 bits per heavy atom. The molecule has 1 aliphatic heterocycles. The average Bonchev–Trinajstić information content (AvgIpc) is 2.63. The number of aromatic hydroxyl groups is 1. The van der Waals surface area contributed by atoms with E-state index in [1.54, 1.807) is 19.2 Å². The second kappa shape index (κ2) is 6.20. The predicted octanol–water partition coefficient (Wildman–Crippen LogP) is 4.10. The van der Waals surface area contributed by atoms with Gasteiger partial charge in [-0.25, -0.2) is 9.68 Å². The Kier molecular flexibility index (Phi) is 4.08. The largest absolute Gasteiger partial charge is 0.506 e. The van der Waals surface area contributed by atoms with Gasteiger partial charge in [0.05, 0.1) is 5.02 Å². The fraction of sp³-hybridized carbons (Fsp3) is 0.571. The summed E-state index contributed by atoms with van der Waals surface area (Å²) in [5.41, 5.74) is 0.256. The quantitative estimate of drug-likeness (QED) is 0.578.